The molecule has 1 aromatic carbocycles. The summed E-state index contributed by atoms with van der Waals surface area (Å²) in [4.78, 5) is 8.81. The summed E-state index contributed by atoms with van der Waals surface area (Å²) in [5.74, 6) is 0.963. The zero-order valence-corrected chi connectivity index (χ0v) is 18.0. The van der Waals surface area contributed by atoms with Crippen molar-refractivity contribution in [1.29, 1.82) is 0 Å². The monoisotopic (exact) mass is 336 g/mol. The van der Waals surface area contributed by atoms with E-state index in [1.165, 1.54) is 55.7 Å². The van der Waals surface area contributed by atoms with Crippen LogP contribution in [0.15, 0.2) is 18.2 Å². The van der Waals surface area contributed by atoms with Crippen LogP contribution in [0.4, 0.5) is 0 Å². The maximum atomic E-state index is 8.81. The second-order valence-electron chi connectivity index (χ2n) is 6.40. The smallest absolute Gasteiger partial charge is 0.116 e. The van der Waals surface area contributed by atoms with Crippen molar-refractivity contribution in [3.05, 3.63) is 34.9 Å². The van der Waals surface area contributed by atoms with Crippen molar-refractivity contribution >= 4 is 6.29 Å². The minimum absolute atomic E-state index is 0.750. The zero-order valence-electron chi connectivity index (χ0n) is 18.0. The van der Waals surface area contributed by atoms with Crippen molar-refractivity contribution in [2.45, 2.75) is 101 Å². The molecule has 142 valence electrons. The van der Waals surface area contributed by atoms with Crippen LogP contribution < -0.4 is 0 Å². The Morgan fingerprint density at radius 2 is 1.33 bits per heavy atom. The average molecular weight is 337 g/mol. The van der Waals surface area contributed by atoms with Crippen molar-refractivity contribution in [1.82, 2.24) is 0 Å². The van der Waals surface area contributed by atoms with E-state index in [0.29, 0.717) is 0 Å². The standard InChI is InChI=1S/C10H14.C8H18.C3H8.C2H4O/c1-4-10-6-5-8(2)9(3)7-10;1-4-6-8(3)7-5-2;1-3-2;1-2-3/h5-7H,4H2,1-3H3;8H,4-7H2,1-3H3;3H2,1-2H3;2H,1H3. The first-order valence-electron chi connectivity index (χ1n) is 9.83. The number of aryl methyl sites for hydroxylation is 3. The van der Waals surface area contributed by atoms with Crippen LogP contribution in [0.1, 0.15) is 97.3 Å². The van der Waals surface area contributed by atoms with Crippen molar-refractivity contribution < 1.29 is 4.79 Å². The summed E-state index contributed by atoms with van der Waals surface area (Å²) in [6.45, 7) is 19.0. The summed E-state index contributed by atoms with van der Waals surface area (Å²) < 4.78 is 0. The first-order chi connectivity index (χ1) is 11.4. The first kappa shape index (κ1) is 27.7. The molecule has 0 heterocycles. The molecule has 0 fully saturated rings. The molecule has 0 unspecified atom stereocenters. The normalized spacial score (nSPS) is 8.92. The highest BCUT2D eigenvalue weighted by Gasteiger charge is 1.95. The molecule has 0 spiro atoms. The van der Waals surface area contributed by atoms with E-state index in [1.807, 2.05) is 0 Å². The van der Waals surface area contributed by atoms with E-state index < -0.39 is 0 Å². The summed E-state index contributed by atoms with van der Waals surface area (Å²) in [5.41, 5.74) is 4.22. The highest BCUT2D eigenvalue weighted by atomic mass is 16.1. The van der Waals surface area contributed by atoms with Gasteiger partial charge >= 0.3 is 0 Å². The third-order valence-electron chi connectivity index (χ3n) is 3.54. The molecule has 0 aliphatic carbocycles. The van der Waals surface area contributed by atoms with Crippen LogP contribution in [0.25, 0.3) is 0 Å². The fourth-order valence-electron chi connectivity index (χ4n) is 2.15. The molecule has 0 aliphatic heterocycles. The van der Waals surface area contributed by atoms with Gasteiger partial charge in [0.25, 0.3) is 0 Å². The molecule has 0 aromatic heterocycles. The number of benzene rings is 1. The van der Waals surface area contributed by atoms with Crippen molar-refractivity contribution in [3.8, 4) is 0 Å². The van der Waals surface area contributed by atoms with Gasteiger partial charge in [-0.3, -0.25) is 0 Å². The number of carbonyl (C=O) groups is 1. The average Bonchev–Trinajstić information content (AvgIpc) is 2.53. The maximum Gasteiger partial charge on any atom is 0.116 e. The van der Waals surface area contributed by atoms with Crippen molar-refractivity contribution in [2.75, 3.05) is 0 Å². The molecule has 0 bridgehead atoms. The van der Waals surface area contributed by atoms with Crippen LogP contribution in [-0.2, 0) is 11.2 Å². The minimum Gasteiger partial charge on any atom is -0.304 e. The van der Waals surface area contributed by atoms with Gasteiger partial charge in [-0.1, -0.05) is 91.8 Å². The lowest BCUT2D eigenvalue weighted by Crippen LogP contribution is -1.91. The van der Waals surface area contributed by atoms with Gasteiger partial charge in [-0.15, -0.1) is 0 Å². The number of hydrogen-bond acceptors (Lipinski definition) is 1. The highest BCUT2D eigenvalue weighted by molar-refractivity contribution is 5.44. The third-order valence-corrected chi connectivity index (χ3v) is 3.54. The Hall–Kier alpha value is -1.11. The summed E-state index contributed by atoms with van der Waals surface area (Å²) in [6.07, 6.45) is 8.66. The molecular weight excluding hydrogens is 292 g/mol. The highest BCUT2D eigenvalue weighted by Crippen LogP contribution is 2.11. The molecule has 1 rings (SSSR count). The predicted molar refractivity (Wildman–Crippen MR) is 112 cm³/mol. The largest absolute Gasteiger partial charge is 0.304 e. The number of hydrogen-bond donors (Lipinski definition) is 0. The Morgan fingerprint density at radius 3 is 1.62 bits per heavy atom. The topological polar surface area (TPSA) is 17.1 Å². The van der Waals surface area contributed by atoms with Gasteiger partial charge < -0.3 is 4.79 Å². The number of carbonyl (C=O) groups excluding carboxylic acids is 1. The Labute approximate surface area is 153 Å². The fourth-order valence-corrected chi connectivity index (χ4v) is 2.15. The Bertz CT molecular complexity index is 362. The molecule has 1 heteroatoms. The van der Waals surface area contributed by atoms with Crippen molar-refractivity contribution in [2.24, 2.45) is 5.92 Å². The lowest BCUT2D eigenvalue weighted by molar-refractivity contribution is -0.106. The van der Waals surface area contributed by atoms with E-state index in [9.17, 15) is 0 Å². The lowest BCUT2D eigenvalue weighted by atomic mass is 10.0. The zero-order chi connectivity index (χ0) is 19.4. The summed E-state index contributed by atoms with van der Waals surface area (Å²) in [5, 5.41) is 0. The number of rotatable bonds is 5. The van der Waals surface area contributed by atoms with Gasteiger partial charge in [-0.2, -0.15) is 0 Å². The Morgan fingerprint density at radius 1 is 0.917 bits per heavy atom. The lowest BCUT2D eigenvalue weighted by Gasteiger charge is -2.05. The fraction of sp³-hybridized carbons (Fsp3) is 0.696. The van der Waals surface area contributed by atoms with Gasteiger partial charge in [0.05, 0.1) is 0 Å². The third kappa shape index (κ3) is 20.9. The van der Waals surface area contributed by atoms with E-state index in [0.717, 1.165) is 18.6 Å². The molecule has 0 saturated heterocycles. The van der Waals surface area contributed by atoms with E-state index in [2.05, 4.69) is 73.6 Å². The first-order valence-corrected chi connectivity index (χ1v) is 9.83. The van der Waals surface area contributed by atoms with Crippen LogP contribution >= 0.6 is 0 Å². The van der Waals surface area contributed by atoms with Gasteiger partial charge in [0.15, 0.2) is 0 Å². The van der Waals surface area contributed by atoms with Gasteiger partial charge in [-0.05, 0) is 49.8 Å². The van der Waals surface area contributed by atoms with Crippen LogP contribution in [0.2, 0.25) is 0 Å². The van der Waals surface area contributed by atoms with Gasteiger partial charge in [0, 0.05) is 0 Å². The second-order valence-corrected chi connectivity index (χ2v) is 6.40. The molecule has 0 saturated carbocycles. The van der Waals surface area contributed by atoms with Crippen LogP contribution in [0, 0.1) is 19.8 Å². The predicted octanol–water partition coefficient (Wildman–Crippen LogP) is 7.71. The van der Waals surface area contributed by atoms with E-state index >= 15 is 0 Å². The Balaban J connectivity index is -0.000000282. The van der Waals surface area contributed by atoms with Gasteiger partial charge in [0.1, 0.15) is 6.29 Å². The van der Waals surface area contributed by atoms with E-state index in [-0.39, 0.29) is 0 Å². The van der Waals surface area contributed by atoms with Crippen molar-refractivity contribution in [3.63, 3.8) is 0 Å². The molecule has 0 N–H and O–H groups in total. The summed E-state index contributed by atoms with van der Waals surface area (Å²) >= 11 is 0. The molecule has 0 aliphatic rings. The van der Waals surface area contributed by atoms with E-state index in [4.69, 9.17) is 4.79 Å². The molecule has 24 heavy (non-hydrogen) atoms. The molecule has 0 radical (unpaired) electrons. The molecule has 0 atom stereocenters. The molecular formula is C23H44O. The quantitative estimate of drug-likeness (QED) is 0.503. The molecule has 0 amide bonds. The van der Waals surface area contributed by atoms with Crippen LogP contribution in [0.5, 0.6) is 0 Å². The number of aldehydes is 1. The van der Waals surface area contributed by atoms with Crippen LogP contribution in [-0.4, -0.2) is 6.29 Å². The van der Waals surface area contributed by atoms with Gasteiger partial charge in [-0.25, -0.2) is 0 Å². The Kier molecular flexibility index (Phi) is 25.3. The molecule has 1 aromatic rings. The SMILES string of the molecule is CC=O.CCC.CCCC(C)CCC.CCc1ccc(C)c(C)c1. The van der Waals surface area contributed by atoms with Crippen LogP contribution in [0.3, 0.4) is 0 Å². The summed E-state index contributed by atoms with van der Waals surface area (Å²) in [7, 11) is 0. The maximum absolute atomic E-state index is 8.81. The van der Waals surface area contributed by atoms with Gasteiger partial charge in [0.2, 0.25) is 0 Å². The summed E-state index contributed by atoms with van der Waals surface area (Å²) in [6, 6.07) is 6.64. The van der Waals surface area contributed by atoms with E-state index in [1.54, 1.807) is 0 Å². The minimum atomic E-state index is 0.750. The molecule has 1 nitrogen and oxygen atoms in total. The second kappa shape index (κ2) is 21.9.